The summed E-state index contributed by atoms with van der Waals surface area (Å²) in [6.07, 6.45) is 6.69. The number of hydrogen-bond acceptors (Lipinski definition) is 3. The number of carbonyl (C=O) groups is 1. The highest BCUT2D eigenvalue weighted by atomic mass is 16.3. The van der Waals surface area contributed by atoms with Gasteiger partial charge in [-0.1, -0.05) is 60.7 Å². The summed E-state index contributed by atoms with van der Waals surface area (Å²) < 4.78 is 1.83. The van der Waals surface area contributed by atoms with E-state index in [1.165, 1.54) is 0 Å². The van der Waals surface area contributed by atoms with Gasteiger partial charge in [-0.25, -0.2) is 4.98 Å². The monoisotopic (exact) mass is 389 g/mol. The van der Waals surface area contributed by atoms with Crippen molar-refractivity contribution in [3.05, 3.63) is 90.5 Å². The van der Waals surface area contributed by atoms with Gasteiger partial charge in [-0.3, -0.25) is 4.79 Å². The maximum absolute atomic E-state index is 12.9. The van der Waals surface area contributed by atoms with Gasteiger partial charge < -0.3 is 14.6 Å². The molecule has 2 heterocycles. The minimum atomic E-state index is -1.06. The summed E-state index contributed by atoms with van der Waals surface area (Å²) >= 11 is 0. The maximum Gasteiger partial charge on any atom is 0.245 e. The lowest BCUT2D eigenvalue weighted by molar-refractivity contribution is -0.137. The van der Waals surface area contributed by atoms with E-state index in [0.29, 0.717) is 13.1 Å². The number of likely N-dealkylation sites (tertiary alicyclic amines) is 1. The Bertz CT molecular complexity index is 878. The second kappa shape index (κ2) is 8.21. The minimum Gasteiger partial charge on any atom is -0.380 e. The Morgan fingerprint density at radius 3 is 2.07 bits per heavy atom. The third-order valence-electron chi connectivity index (χ3n) is 6.15. The Kier molecular flexibility index (Phi) is 5.49. The van der Waals surface area contributed by atoms with Crippen LogP contribution in [0.2, 0.25) is 0 Å². The van der Waals surface area contributed by atoms with E-state index in [4.69, 9.17) is 0 Å². The average molecular weight is 389 g/mol. The number of aliphatic hydroxyl groups is 1. The number of carbonyl (C=O) groups excluding carboxylic acids is 1. The molecular weight excluding hydrogens is 362 g/mol. The maximum atomic E-state index is 12.9. The van der Waals surface area contributed by atoms with Crippen molar-refractivity contribution in [3.8, 4) is 0 Å². The highest BCUT2D eigenvalue weighted by Crippen LogP contribution is 2.42. The molecule has 1 aliphatic heterocycles. The molecule has 0 unspecified atom stereocenters. The molecule has 1 N–H and O–H groups in total. The molecule has 1 aliphatic rings. The first kappa shape index (κ1) is 19.4. The van der Waals surface area contributed by atoms with Crippen molar-refractivity contribution in [2.45, 2.75) is 31.4 Å². The molecule has 4 rings (SSSR count). The van der Waals surface area contributed by atoms with Crippen LogP contribution < -0.4 is 0 Å². The van der Waals surface area contributed by atoms with Crippen LogP contribution >= 0.6 is 0 Å². The van der Waals surface area contributed by atoms with E-state index >= 15 is 0 Å². The molecule has 0 radical (unpaired) electrons. The van der Waals surface area contributed by atoms with Gasteiger partial charge in [0.15, 0.2) is 0 Å². The molecule has 5 nitrogen and oxygen atoms in total. The zero-order valence-corrected chi connectivity index (χ0v) is 16.7. The summed E-state index contributed by atoms with van der Waals surface area (Å²) in [7, 11) is 0. The van der Waals surface area contributed by atoms with Gasteiger partial charge in [0.25, 0.3) is 0 Å². The summed E-state index contributed by atoms with van der Waals surface area (Å²) in [4.78, 5) is 18.9. The van der Waals surface area contributed by atoms with Crippen molar-refractivity contribution in [1.82, 2.24) is 14.5 Å². The lowest BCUT2D eigenvalue weighted by atomic mass is 9.72. The molecule has 2 aromatic carbocycles. The molecular formula is C24H27N3O2. The molecule has 29 heavy (non-hydrogen) atoms. The standard InChI is InChI=1S/C24H27N3O2/c1-19(27-17-14-25-18-27)23(28)26-15-12-22(13-16-26)24(29,20-8-4-2-5-9-20)21-10-6-3-7-11-21/h2-11,14,17-19,22,29H,12-13,15-16H2,1H3/t19-/m0/s1. The van der Waals surface area contributed by atoms with Crippen LogP contribution in [0, 0.1) is 5.92 Å². The van der Waals surface area contributed by atoms with Crippen LogP contribution in [-0.2, 0) is 10.4 Å². The summed E-state index contributed by atoms with van der Waals surface area (Å²) in [6.45, 7) is 3.19. The lowest BCUT2D eigenvalue weighted by Gasteiger charge is -2.42. The molecule has 0 spiro atoms. The van der Waals surface area contributed by atoms with Crippen LogP contribution in [0.3, 0.4) is 0 Å². The Hall–Kier alpha value is -2.92. The summed E-state index contributed by atoms with van der Waals surface area (Å²) in [5.41, 5.74) is 0.749. The largest absolute Gasteiger partial charge is 0.380 e. The zero-order valence-electron chi connectivity index (χ0n) is 16.7. The second-order valence-electron chi connectivity index (χ2n) is 7.78. The number of imidazole rings is 1. The highest BCUT2D eigenvalue weighted by Gasteiger charge is 2.42. The van der Waals surface area contributed by atoms with E-state index in [-0.39, 0.29) is 17.9 Å². The van der Waals surface area contributed by atoms with Crippen LogP contribution in [-0.4, -0.2) is 38.6 Å². The van der Waals surface area contributed by atoms with Crippen molar-refractivity contribution in [3.63, 3.8) is 0 Å². The number of nitrogens with zero attached hydrogens (tertiary/aromatic N) is 3. The van der Waals surface area contributed by atoms with Gasteiger partial charge in [0.2, 0.25) is 5.91 Å². The quantitative estimate of drug-likeness (QED) is 0.725. The minimum absolute atomic E-state index is 0.0416. The van der Waals surface area contributed by atoms with Gasteiger partial charge in [0.1, 0.15) is 11.6 Å². The fraction of sp³-hybridized carbons (Fsp3) is 0.333. The van der Waals surface area contributed by atoms with Gasteiger partial charge in [0.05, 0.1) is 6.33 Å². The number of amides is 1. The van der Waals surface area contributed by atoms with Crippen molar-refractivity contribution >= 4 is 5.91 Å². The fourth-order valence-electron chi connectivity index (χ4n) is 4.43. The van der Waals surface area contributed by atoms with Crippen LogP contribution in [0.1, 0.15) is 36.9 Å². The number of aromatic nitrogens is 2. The van der Waals surface area contributed by atoms with Gasteiger partial charge in [-0.05, 0) is 36.8 Å². The highest BCUT2D eigenvalue weighted by molar-refractivity contribution is 5.80. The topological polar surface area (TPSA) is 58.4 Å². The molecule has 150 valence electrons. The number of piperidine rings is 1. The van der Waals surface area contributed by atoms with E-state index < -0.39 is 5.60 Å². The predicted molar refractivity (Wildman–Crippen MR) is 112 cm³/mol. The summed E-state index contributed by atoms with van der Waals surface area (Å²) in [5, 5.41) is 11.9. The van der Waals surface area contributed by atoms with Gasteiger partial charge >= 0.3 is 0 Å². The molecule has 3 aromatic rings. The van der Waals surface area contributed by atoms with Crippen LogP contribution in [0.25, 0.3) is 0 Å². The van der Waals surface area contributed by atoms with Crippen molar-refractivity contribution < 1.29 is 9.90 Å². The predicted octanol–water partition coefficient (Wildman–Crippen LogP) is 3.62. The van der Waals surface area contributed by atoms with E-state index in [9.17, 15) is 9.90 Å². The van der Waals surface area contributed by atoms with Crippen molar-refractivity contribution in [1.29, 1.82) is 0 Å². The van der Waals surface area contributed by atoms with E-state index in [0.717, 1.165) is 24.0 Å². The lowest BCUT2D eigenvalue weighted by Crippen LogP contribution is -2.47. The second-order valence-corrected chi connectivity index (χ2v) is 7.78. The fourth-order valence-corrected chi connectivity index (χ4v) is 4.43. The zero-order chi connectivity index (χ0) is 20.3. The van der Waals surface area contributed by atoms with Gasteiger partial charge in [-0.2, -0.15) is 0 Å². The van der Waals surface area contributed by atoms with E-state index in [2.05, 4.69) is 4.98 Å². The third-order valence-corrected chi connectivity index (χ3v) is 6.15. The Labute approximate surface area is 171 Å². The van der Waals surface area contributed by atoms with Crippen molar-refractivity contribution in [2.75, 3.05) is 13.1 Å². The molecule has 1 aromatic heterocycles. The Balaban J connectivity index is 1.54. The van der Waals surface area contributed by atoms with Crippen LogP contribution in [0.5, 0.6) is 0 Å². The Morgan fingerprint density at radius 2 is 1.59 bits per heavy atom. The first-order valence-electron chi connectivity index (χ1n) is 10.2. The number of hydrogen-bond donors (Lipinski definition) is 1. The van der Waals surface area contributed by atoms with Gasteiger partial charge in [-0.15, -0.1) is 0 Å². The molecule has 1 fully saturated rings. The van der Waals surface area contributed by atoms with Crippen LogP contribution in [0.4, 0.5) is 0 Å². The third kappa shape index (κ3) is 3.70. The normalized spacial score (nSPS) is 16.6. The number of benzene rings is 2. The molecule has 0 aliphatic carbocycles. The molecule has 0 bridgehead atoms. The smallest absolute Gasteiger partial charge is 0.245 e. The molecule has 1 saturated heterocycles. The first-order chi connectivity index (χ1) is 14.1. The van der Waals surface area contributed by atoms with Crippen LogP contribution in [0.15, 0.2) is 79.4 Å². The first-order valence-corrected chi connectivity index (χ1v) is 10.2. The van der Waals surface area contributed by atoms with E-state index in [1.807, 2.05) is 83.3 Å². The molecule has 1 amide bonds. The number of rotatable bonds is 5. The molecule has 1 atom stereocenters. The Morgan fingerprint density at radius 1 is 1.03 bits per heavy atom. The van der Waals surface area contributed by atoms with Gasteiger partial charge in [0, 0.05) is 25.5 Å². The van der Waals surface area contributed by atoms with Crippen molar-refractivity contribution in [2.24, 2.45) is 5.92 Å². The molecule has 0 saturated carbocycles. The SMILES string of the molecule is C[C@@H](C(=O)N1CCC(C(O)(c2ccccc2)c2ccccc2)CC1)n1ccnc1. The average Bonchev–Trinajstić information content (AvgIpc) is 3.34. The molecule has 5 heteroatoms. The summed E-state index contributed by atoms with van der Waals surface area (Å²) in [6, 6.07) is 19.5. The summed E-state index contributed by atoms with van der Waals surface area (Å²) in [5.74, 6) is 0.143. The van der Waals surface area contributed by atoms with E-state index in [1.54, 1.807) is 12.5 Å².